The summed E-state index contributed by atoms with van der Waals surface area (Å²) in [7, 11) is 2.87. The monoisotopic (exact) mass is 286 g/mol. The lowest BCUT2D eigenvalue weighted by atomic mass is 9.89. The van der Waals surface area contributed by atoms with Crippen LogP contribution in [0.25, 0.3) is 0 Å². The Morgan fingerprint density at radius 1 is 1.00 bits per heavy atom. The van der Waals surface area contributed by atoms with E-state index in [-0.39, 0.29) is 0 Å². The number of methoxy groups -OCH3 is 2. The Kier molecular flexibility index (Phi) is 4.95. The first-order valence-electron chi connectivity index (χ1n) is 6.62. The number of ether oxygens (including phenoxy) is 2. The molecule has 2 aromatic rings. The van der Waals surface area contributed by atoms with Crippen molar-refractivity contribution in [1.29, 1.82) is 0 Å². The van der Waals surface area contributed by atoms with Gasteiger partial charge >= 0.3 is 5.97 Å². The van der Waals surface area contributed by atoms with Gasteiger partial charge in [0.2, 0.25) is 0 Å². The van der Waals surface area contributed by atoms with Crippen LogP contribution in [0.2, 0.25) is 0 Å². The normalized spacial score (nSPS) is 13.3. The Labute approximate surface area is 123 Å². The van der Waals surface area contributed by atoms with E-state index in [9.17, 15) is 9.90 Å². The van der Waals surface area contributed by atoms with Gasteiger partial charge in [0.05, 0.1) is 20.3 Å². The number of aliphatic hydroxyl groups is 1. The molecule has 0 fully saturated rings. The van der Waals surface area contributed by atoms with Gasteiger partial charge in [0.25, 0.3) is 0 Å². The third-order valence-corrected chi connectivity index (χ3v) is 3.36. The molecule has 21 heavy (non-hydrogen) atoms. The molecule has 0 aliphatic carbocycles. The lowest BCUT2D eigenvalue weighted by molar-refractivity contribution is -0.145. The zero-order valence-electron chi connectivity index (χ0n) is 12.0. The molecular formula is C17H18O4. The fraction of sp³-hybridized carbons (Fsp3) is 0.235. The molecule has 1 N–H and O–H groups in total. The van der Waals surface area contributed by atoms with Gasteiger partial charge in [-0.25, -0.2) is 0 Å². The van der Waals surface area contributed by atoms with Gasteiger partial charge in [-0.05, 0) is 23.3 Å². The highest BCUT2D eigenvalue weighted by Gasteiger charge is 2.30. The minimum Gasteiger partial charge on any atom is -0.497 e. The van der Waals surface area contributed by atoms with Crippen LogP contribution in [0.4, 0.5) is 0 Å². The Morgan fingerprint density at radius 2 is 1.67 bits per heavy atom. The van der Waals surface area contributed by atoms with E-state index in [1.165, 1.54) is 7.11 Å². The van der Waals surface area contributed by atoms with Crippen molar-refractivity contribution in [2.75, 3.05) is 14.2 Å². The number of hydrogen-bond donors (Lipinski definition) is 1. The molecule has 0 aromatic heterocycles. The highest BCUT2D eigenvalue weighted by Crippen LogP contribution is 2.33. The molecule has 2 rings (SSSR count). The second-order valence-corrected chi connectivity index (χ2v) is 4.63. The van der Waals surface area contributed by atoms with E-state index in [0.717, 1.165) is 0 Å². The van der Waals surface area contributed by atoms with Gasteiger partial charge in [-0.3, -0.25) is 4.79 Å². The number of aliphatic hydroxyl groups excluding tert-OH is 1. The maximum absolute atomic E-state index is 12.1. The van der Waals surface area contributed by atoms with Crippen LogP contribution in [-0.2, 0) is 9.53 Å². The lowest BCUT2D eigenvalue weighted by Gasteiger charge is -2.22. The third kappa shape index (κ3) is 3.41. The predicted molar refractivity (Wildman–Crippen MR) is 79.2 cm³/mol. The molecule has 0 aliphatic rings. The first kappa shape index (κ1) is 15.1. The third-order valence-electron chi connectivity index (χ3n) is 3.36. The Balaban J connectivity index is 2.41. The molecule has 4 heteroatoms. The standard InChI is InChI=1S/C17H18O4/c1-20-14-10-6-9-13(11-14)15(17(19)21-2)16(18)12-7-4-3-5-8-12/h3-11,15-16,18H,1-2H3/t15-,16+/m0/s1. The molecule has 2 atom stereocenters. The molecule has 0 aliphatic heterocycles. The average molecular weight is 286 g/mol. The molecule has 0 amide bonds. The molecule has 0 spiro atoms. The summed E-state index contributed by atoms with van der Waals surface area (Å²) < 4.78 is 10.0. The largest absolute Gasteiger partial charge is 0.497 e. The van der Waals surface area contributed by atoms with E-state index in [1.807, 2.05) is 18.2 Å². The van der Waals surface area contributed by atoms with E-state index in [1.54, 1.807) is 43.5 Å². The van der Waals surface area contributed by atoms with Crippen LogP contribution in [0.15, 0.2) is 54.6 Å². The van der Waals surface area contributed by atoms with Crippen LogP contribution in [0, 0.1) is 0 Å². The Morgan fingerprint density at radius 3 is 2.29 bits per heavy atom. The molecule has 0 heterocycles. The van der Waals surface area contributed by atoms with Gasteiger partial charge in [-0.2, -0.15) is 0 Å². The molecule has 0 radical (unpaired) electrons. The van der Waals surface area contributed by atoms with Crippen LogP contribution in [0.1, 0.15) is 23.1 Å². The van der Waals surface area contributed by atoms with E-state index >= 15 is 0 Å². The van der Waals surface area contributed by atoms with Crippen molar-refractivity contribution in [2.45, 2.75) is 12.0 Å². The highest BCUT2D eigenvalue weighted by atomic mass is 16.5. The van der Waals surface area contributed by atoms with Crippen molar-refractivity contribution in [3.05, 3.63) is 65.7 Å². The van der Waals surface area contributed by atoms with Gasteiger partial charge in [-0.15, -0.1) is 0 Å². The first-order chi connectivity index (χ1) is 10.2. The summed E-state index contributed by atoms with van der Waals surface area (Å²) in [5.41, 5.74) is 1.31. The van der Waals surface area contributed by atoms with E-state index in [4.69, 9.17) is 9.47 Å². The lowest BCUT2D eigenvalue weighted by Crippen LogP contribution is -2.21. The highest BCUT2D eigenvalue weighted by molar-refractivity contribution is 5.79. The summed E-state index contributed by atoms with van der Waals surface area (Å²) in [6, 6.07) is 16.1. The fourth-order valence-corrected chi connectivity index (χ4v) is 2.25. The van der Waals surface area contributed by atoms with Gasteiger partial charge in [0.15, 0.2) is 0 Å². The van der Waals surface area contributed by atoms with E-state index < -0.39 is 18.0 Å². The van der Waals surface area contributed by atoms with Gasteiger partial charge < -0.3 is 14.6 Å². The summed E-state index contributed by atoms with van der Waals surface area (Å²) >= 11 is 0. The minimum absolute atomic E-state index is 0.486. The maximum Gasteiger partial charge on any atom is 0.316 e. The van der Waals surface area contributed by atoms with Crippen LogP contribution in [0.5, 0.6) is 5.75 Å². The smallest absolute Gasteiger partial charge is 0.316 e. The fourth-order valence-electron chi connectivity index (χ4n) is 2.25. The van der Waals surface area contributed by atoms with Crippen molar-refractivity contribution >= 4 is 5.97 Å². The van der Waals surface area contributed by atoms with Crippen molar-refractivity contribution in [1.82, 2.24) is 0 Å². The minimum atomic E-state index is -0.981. The summed E-state index contributed by atoms with van der Waals surface area (Å²) in [6.45, 7) is 0. The summed E-state index contributed by atoms with van der Waals surface area (Å²) in [5, 5.41) is 10.6. The Hall–Kier alpha value is -2.33. The van der Waals surface area contributed by atoms with E-state index in [2.05, 4.69) is 0 Å². The van der Waals surface area contributed by atoms with Crippen LogP contribution in [-0.4, -0.2) is 25.3 Å². The summed E-state index contributed by atoms with van der Waals surface area (Å²) in [4.78, 5) is 12.1. The molecule has 0 unspecified atom stereocenters. The number of carbonyl (C=O) groups excluding carboxylic acids is 1. The molecule has 0 saturated heterocycles. The number of carbonyl (C=O) groups is 1. The van der Waals surface area contributed by atoms with Gasteiger partial charge in [0.1, 0.15) is 11.7 Å². The molecule has 4 nitrogen and oxygen atoms in total. The van der Waals surface area contributed by atoms with Crippen molar-refractivity contribution in [2.24, 2.45) is 0 Å². The molecule has 110 valence electrons. The van der Waals surface area contributed by atoms with Crippen molar-refractivity contribution in [3.8, 4) is 5.75 Å². The maximum atomic E-state index is 12.1. The number of hydrogen-bond acceptors (Lipinski definition) is 4. The Bertz CT molecular complexity index is 595. The average Bonchev–Trinajstić information content (AvgIpc) is 2.55. The quantitative estimate of drug-likeness (QED) is 0.859. The van der Waals surface area contributed by atoms with Gasteiger partial charge in [0, 0.05) is 0 Å². The molecular weight excluding hydrogens is 268 g/mol. The predicted octanol–water partition coefficient (Wildman–Crippen LogP) is 2.69. The first-order valence-corrected chi connectivity index (χ1v) is 6.62. The topological polar surface area (TPSA) is 55.8 Å². The van der Waals surface area contributed by atoms with Crippen LogP contribution >= 0.6 is 0 Å². The zero-order chi connectivity index (χ0) is 15.2. The molecule has 0 bridgehead atoms. The summed E-state index contributed by atoms with van der Waals surface area (Å²) in [6.07, 6.45) is -0.981. The number of rotatable bonds is 5. The van der Waals surface area contributed by atoms with Crippen molar-refractivity contribution < 1.29 is 19.4 Å². The number of esters is 1. The van der Waals surface area contributed by atoms with E-state index in [0.29, 0.717) is 16.9 Å². The van der Waals surface area contributed by atoms with Gasteiger partial charge in [-0.1, -0.05) is 42.5 Å². The molecule has 2 aromatic carbocycles. The SMILES string of the molecule is COC(=O)[C@@H](c1cccc(OC)c1)[C@H](O)c1ccccc1. The zero-order valence-corrected chi connectivity index (χ0v) is 12.0. The van der Waals surface area contributed by atoms with Crippen LogP contribution in [0.3, 0.4) is 0 Å². The van der Waals surface area contributed by atoms with Crippen LogP contribution < -0.4 is 4.74 Å². The van der Waals surface area contributed by atoms with Crippen molar-refractivity contribution in [3.63, 3.8) is 0 Å². The summed E-state index contributed by atoms with van der Waals surface area (Å²) in [5.74, 6) is -0.659. The molecule has 0 saturated carbocycles. The number of benzene rings is 2. The second-order valence-electron chi connectivity index (χ2n) is 4.63. The second kappa shape index (κ2) is 6.90.